The maximum atomic E-state index is 12.9. The number of carbonyl (C=O) groups excluding carboxylic acids is 2. The van der Waals surface area contributed by atoms with E-state index in [1.807, 2.05) is 24.3 Å². The summed E-state index contributed by atoms with van der Waals surface area (Å²) in [6, 6.07) is 7.25. The molecule has 0 fully saturated rings. The molecule has 11 heteroatoms. The van der Waals surface area contributed by atoms with E-state index in [1.165, 1.54) is 0 Å². The van der Waals surface area contributed by atoms with Crippen LogP contribution in [0.1, 0.15) is 40.5 Å². The second kappa shape index (κ2) is 21.2. The van der Waals surface area contributed by atoms with E-state index in [2.05, 4.69) is 44.4 Å². The zero-order chi connectivity index (χ0) is 29.9. The molecule has 2 aliphatic rings. The van der Waals surface area contributed by atoms with Gasteiger partial charge in [-0.2, -0.15) is 12.2 Å². The van der Waals surface area contributed by atoms with Crippen molar-refractivity contribution in [1.82, 2.24) is 10.6 Å². The molecule has 2 N–H and O–H groups in total. The van der Waals surface area contributed by atoms with Gasteiger partial charge in [0.05, 0.1) is 23.1 Å². The smallest absolute Gasteiger partial charge is 0.472 e. The second-order valence-electron chi connectivity index (χ2n) is 8.35. The summed E-state index contributed by atoms with van der Waals surface area (Å²) >= 11 is 0. The number of halogens is 4. The standard InChI is InChI=1S/2C10H10F2NO2.2C5H5.Ti/c2*1-6(2)13-10(14)15-9-4-3-7(11)5-8(9)12;2*1-2-4-5-3-1;/h2*3-4,6H,1-2H3,(H,13,14);2*1-3H,4H2;/q4*-1;+4. The van der Waals surface area contributed by atoms with Crippen molar-refractivity contribution in [3.63, 3.8) is 0 Å². The number of ether oxygens (including phenoxy) is 2. The Labute approximate surface area is 253 Å². The summed E-state index contributed by atoms with van der Waals surface area (Å²) in [6.45, 7) is 6.92. The predicted octanol–water partition coefficient (Wildman–Crippen LogP) is 7.13. The Morgan fingerprint density at radius 2 is 1.07 bits per heavy atom. The van der Waals surface area contributed by atoms with Crippen molar-refractivity contribution in [1.29, 1.82) is 0 Å². The van der Waals surface area contributed by atoms with Gasteiger partial charge >= 0.3 is 33.9 Å². The van der Waals surface area contributed by atoms with E-state index in [0.717, 1.165) is 37.1 Å². The molecule has 0 spiro atoms. The van der Waals surface area contributed by atoms with E-state index >= 15 is 0 Å². The third kappa shape index (κ3) is 18.4. The molecule has 41 heavy (non-hydrogen) atoms. The third-order valence-electron chi connectivity index (χ3n) is 4.04. The van der Waals surface area contributed by atoms with Crippen molar-refractivity contribution in [2.24, 2.45) is 0 Å². The Bertz CT molecular complexity index is 1100. The Balaban J connectivity index is 0.000000573. The van der Waals surface area contributed by atoms with Crippen molar-refractivity contribution in [3.05, 3.63) is 108 Å². The molecule has 0 atom stereocenters. The van der Waals surface area contributed by atoms with Crippen LogP contribution in [0.5, 0.6) is 11.5 Å². The summed E-state index contributed by atoms with van der Waals surface area (Å²) in [5.74, 6) is -4.46. The molecule has 2 aromatic carbocycles. The van der Waals surface area contributed by atoms with Crippen molar-refractivity contribution in [2.45, 2.75) is 52.6 Å². The molecule has 0 radical (unpaired) electrons. The van der Waals surface area contributed by atoms with E-state index in [0.29, 0.717) is 0 Å². The average Bonchev–Trinajstić information content (AvgIpc) is 3.62. The molecule has 0 heterocycles. The van der Waals surface area contributed by atoms with Crippen molar-refractivity contribution < 1.29 is 58.3 Å². The fourth-order valence-electron chi connectivity index (χ4n) is 2.43. The molecule has 4 rings (SSSR count). The second-order valence-corrected chi connectivity index (χ2v) is 8.35. The Hall–Kier alpha value is -3.63. The minimum absolute atomic E-state index is 0. The van der Waals surface area contributed by atoms with Gasteiger partial charge in [0.2, 0.25) is 0 Å². The molecule has 2 amide bonds. The summed E-state index contributed by atoms with van der Waals surface area (Å²) in [6.07, 6.45) is 18.4. The Morgan fingerprint density at radius 1 is 0.707 bits per heavy atom. The maximum Gasteiger partial charge on any atom is 4.00 e. The number of hydrogen-bond acceptors (Lipinski definition) is 4. The number of nitrogens with one attached hydrogen (secondary N) is 2. The fourth-order valence-corrected chi connectivity index (χ4v) is 2.43. The first-order valence-electron chi connectivity index (χ1n) is 12.1. The van der Waals surface area contributed by atoms with E-state index in [-0.39, 0.29) is 45.3 Å². The van der Waals surface area contributed by atoms with E-state index in [4.69, 9.17) is 0 Å². The largest absolute Gasteiger partial charge is 4.00 e. The van der Waals surface area contributed by atoms with Crippen LogP contribution in [0.25, 0.3) is 0 Å². The van der Waals surface area contributed by atoms with E-state index in [9.17, 15) is 27.2 Å². The van der Waals surface area contributed by atoms with Gasteiger partial charge < -0.3 is 20.1 Å². The van der Waals surface area contributed by atoms with E-state index < -0.39 is 35.5 Å². The summed E-state index contributed by atoms with van der Waals surface area (Å²) in [5.41, 5.74) is 0. The SMILES string of the molecule is CC(C)NC(=O)Oc1ccc(F)[c-]c1F.CC(C)NC(=O)Oc1ccc(F)[c-]c1F.[C-]1=CC=CC1.[C-]1=CC=CC1.[Ti+4]. The van der Waals surface area contributed by atoms with Gasteiger partial charge in [0.25, 0.3) is 0 Å². The van der Waals surface area contributed by atoms with Crippen LogP contribution < -0.4 is 20.1 Å². The molecule has 0 unspecified atom stereocenters. The maximum absolute atomic E-state index is 12.9. The molecule has 0 aliphatic heterocycles. The van der Waals surface area contributed by atoms with Crippen LogP contribution in [-0.4, -0.2) is 24.3 Å². The minimum Gasteiger partial charge on any atom is -0.472 e. The molecular weight excluding hydrogens is 576 g/mol. The summed E-state index contributed by atoms with van der Waals surface area (Å²) < 4.78 is 60.0. The number of amides is 2. The normalized spacial score (nSPS) is 11.8. The number of carbonyl (C=O) groups is 2. The summed E-state index contributed by atoms with van der Waals surface area (Å²) in [4.78, 5) is 22.1. The van der Waals surface area contributed by atoms with Crippen LogP contribution in [-0.2, 0) is 21.7 Å². The first-order chi connectivity index (χ1) is 19.0. The van der Waals surface area contributed by atoms with Gasteiger partial charge in [-0.3, -0.25) is 12.2 Å². The van der Waals surface area contributed by atoms with Gasteiger partial charge in [0.1, 0.15) is 0 Å². The van der Waals surface area contributed by atoms with Crippen molar-refractivity contribution in [2.75, 3.05) is 0 Å². The fraction of sp³-hybridized carbons (Fsp3) is 0.267. The number of allylic oxidation sites excluding steroid dienone is 8. The Morgan fingerprint density at radius 3 is 1.29 bits per heavy atom. The molecule has 6 nitrogen and oxygen atoms in total. The molecule has 2 aromatic rings. The van der Waals surface area contributed by atoms with Gasteiger partial charge in [-0.05, 0) is 27.7 Å². The van der Waals surface area contributed by atoms with Crippen LogP contribution in [0.2, 0.25) is 0 Å². The summed E-state index contributed by atoms with van der Waals surface area (Å²) in [7, 11) is 0. The van der Waals surface area contributed by atoms with Crippen LogP contribution in [0.15, 0.2) is 60.7 Å². The van der Waals surface area contributed by atoms with Gasteiger partial charge in [-0.1, -0.05) is 0 Å². The van der Waals surface area contributed by atoms with Crippen LogP contribution >= 0.6 is 0 Å². The van der Waals surface area contributed by atoms with Crippen LogP contribution in [0.4, 0.5) is 27.2 Å². The molecular formula is C30H30F4N2O4Ti. The predicted molar refractivity (Wildman–Crippen MR) is 142 cm³/mol. The van der Waals surface area contributed by atoms with Crippen molar-refractivity contribution >= 4 is 12.2 Å². The monoisotopic (exact) mass is 606 g/mol. The zero-order valence-electron chi connectivity index (χ0n) is 23.0. The third-order valence-corrected chi connectivity index (χ3v) is 4.04. The molecule has 0 bridgehead atoms. The first kappa shape index (κ1) is 37.4. The first-order valence-corrected chi connectivity index (χ1v) is 12.1. The molecule has 216 valence electrons. The average molecular weight is 606 g/mol. The molecule has 0 saturated carbocycles. The van der Waals surface area contributed by atoms with Crippen LogP contribution in [0.3, 0.4) is 0 Å². The zero-order valence-corrected chi connectivity index (χ0v) is 24.5. The minimum atomic E-state index is -1.03. The topological polar surface area (TPSA) is 76.7 Å². The quantitative estimate of drug-likeness (QED) is 0.221. The van der Waals surface area contributed by atoms with E-state index in [1.54, 1.807) is 39.8 Å². The Kier molecular flexibility index (Phi) is 19.3. The van der Waals surface area contributed by atoms with Crippen LogP contribution in [0, 0.1) is 47.6 Å². The molecule has 0 saturated heterocycles. The van der Waals surface area contributed by atoms with Gasteiger partial charge in [0, 0.05) is 23.7 Å². The molecule has 0 aromatic heterocycles. The van der Waals surface area contributed by atoms with Gasteiger partial charge in [-0.15, -0.1) is 49.2 Å². The molecule has 2 aliphatic carbocycles. The number of benzene rings is 2. The van der Waals surface area contributed by atoms with Gasteiger partial charge in [-0.25, -0.2) is 51.5 Å². The summed E-state index contributed by atoms with van der Waals surface area (Å²) in [5, 5.41) is 4.80. The number of rotatable bonds is 4. The van der Waals surface area contributed by atoms with Crippen molar-refractivity contribution in [3.8, 4) is 11.5 Å². The number of hydrogen-bond donors (Lipinski definition) is 2. The van der Waals surface area contributed by atoms with Gasteiger partial charge in [0.15, 0.2) is 0 Å².